The molecule has 1 aromatic rings. The van der Waals surface area contributed by atoms with Crippen LogP contribution in [0.5, 0.6) is 0 Å². The molecule has 0 radical (unpaired) electrons. The van der Waals surface area contributed by atoms with Gasteiger partial charge < -0.3 is 10.0 Å². The lowest BCUT2D eigenvalue weighted by molar-refractivity contribution is -0.138. The number of aliphatic carboxylic acids is 1. The minimum Gasteiger partial charge on any atom is -0.480 e. The number of hydrogen-bond acceptors (Lipinski definition) is 3. The summed E-state index contributed by atoms with van der Waals surface area (Å²) in [7, 11) is 1.88. The van der Waals surface area contributed by atoms with Crippen molar-refractivity contribution in [3.05, 3.63) is 34.6 Å². The van der Waals surface area contributed by atoms with Gasteiger partial charge in [-0.1, -0.05) is 17.7 Å². The molecule has 0 aliphatic carbocycles. The normalized spacial score (nSPS) is 19.4. The highest BCUT2D eigenvalue weighted by atomic mass is 35.5. The summed E-state index contributed by atoms with van der Waals surface area (Å²) in [4.78, 5) is 15.2. The van der Waals surface area contributed by atoms with Crippen LogP contribution in [0.4, 0.5) is 4.39 Å². The number of nitrogens with zero attached hydrogens (tertiary/aromatic N) is 2. The Morgan fingerprint density at radius 3 is 2.92 bits per heavy atom. The first-order valence-corrected chi connectivity index (χ1v) is 8.92. The van der Waals surface area contributed by atoms with Gasteiger partial charge in [-0.3, -0.25) is 9.69 Å². The van der Waals surface area contributed by atoms with Crippen molar-refractivity contribution < 1.29 is 14.3 Å². The lowest BCUT2D eigenvalue weighted by Gasteiger charge is -2.25. The zero-order valence-electron chi connectivity index (χ0n) is 14.2. The van der Waals surface area contributed by atoms with E-state index in [2.05, 4.69) is 4.90 Å². The van der Waals surface area contributed by atoms with E-state index in [1.54, 1.807) is 12.1 Å². The number of benzene rings is 1. The summed E-state index contributed by atoms with van der Waals surface area (Å²) >= 11 is 6.07. The van der Waals surface area contributed by atoms with Gasteiger partial charge in [-0.25, -0.2) is 4.39 Å². The van der Waals surface area contributed by atoms with Gasteiger partial charge in [0.25, 0.3) is 0 Å². The van der Waals surface area contributed by atoms with Crippen molar-refractivity contribution in [3.8, 4) is 0 Å². The SMILES string of the molecule is CN(CC(=O)O)C1CCCN(CCCc2c(F)cccc2Cl)CC1. The van der Waals surface area contributed by atoms with Crippen molar-refractivity contribution >= 4 is 17.6 Å². The van der Waals surface area contributed by atoms with E-state index in [1.807, 2.05) is 11.9 Å². The van der Waals surface area contributed by atoms with Gasteiger partial charge in [-0.05, 0) is 70.9 Å². The average molecular weight is 357 g/mol. The predicted octanol–water partition coefficient (Wildman–Crippen LogP) is 3.28. The Balaban J connectivity index is 1.77. The zero-order chi connectivity index (χ0) is 17.5. The van der Waals surface area contributed by atoms with E-state index < -0.39 is 5.97 Å². The molecule has 0 saturated carbocycles. The molecular formula is C18H26ClFN2O2. The first-order chi connectivity index (χ1) is 11.5. The molecule has 1 atom stereocenters. The Hall–Kier alpha value is -1.17. The van der Waals surface area contributed by atoms with Crippen molar-refractivity contribution in [3.63, 3.8) is 0 Å². The molecule has 4 nitrogen and oxygen atoms in total. The van der Waals surface area contributed by atoms with Crippen LogP contribution < -0.4 is 0 Å². The van der Waals surface area contributed by atoms with Gasteiger partial charge in [0.1, 0.15) is 5.82 Å². The smallest absolute Gasteiger partial charge is 0.317 e. The van der Waals surface area contributed by atoms with Crippen molar-refractivity contribution in [2.24, 2.45) is 0 Å². The van der Waals surface area contributed by atoms with E-state index in [1.165, 1.54) is 6.07 Å². The highest BCUT2D eigenvalue weighted by molar-refractivity contribution is 6.31. The highest BCUT2D eigenvalue weighted by Crippen LogP contribution is 2.21. The van der Waals surface area contributed by atoms with Crippen molar-refractivity contribution in [1.29, 1.82) is 0 Å². The molecule has 2 rings (SSSR count). The average Bonchev–Trinajstić information content (AvgIpc) is 2.75. The quantitative estimate of drug-likeness (QED) is 0.814. The number of hydrogen-bond donors (Lipinski definition) is 1. The maximum absolute atomic E-state index is 13.8. The fourth-order valence-corrected chi connectivity index (χ4v) is 3.65. The summed E-state index contributed by atoms with van der Waals surface area (Å²) in [6, 6.07) is 5.14. The molecule has 24 heavy (non-hydrogen) atoms. The predicted molar refractivity (Wildman–Crippen MR) is 94.1 cm³/mol. The lowest BCUT2D eigenvalue weighted by atomic mass is 10.1. The number of rotatable bonds is 7. The maximum Gasteiger partial charge on any atom is 0.317 e. The molecule has 1 N–H and O–H groups in total. The van der Waals surface area contributed by atoms with Crippen LogP contribution in [0.25, 0.3) is 0 Å². The minimum absolute atomic E-state index is 0.0937. The standard InChI is InChI=1S/C18H26ClFN2O2/c1-21(13-18(23)24)14-5-3-10-22(12-9-14)11-4-6-15-16(19)7-2-8-17(15)20/h2,7-8,14H,3-6,9-13H2,1H3,(H,23,24). The van der Waals surface area contributed by atoms with Gasteiger partial charge in [0.05, 0.1) is 6.54 Å². The maximum atomic E-state index is 13.8. The molecule has 134 valence electrons. The van der Waals surface area contributed by atoms with Crippen LogP contribution in [0.2, 0.25) is 5.02 Å². The number of carboxylic acids is 1. The third-order valence-electron chi connectivity index (χ3n) is 4.76. The third kappa shape index (κ3) is 5.72. The fraction of sp³-hybridized carbons (Fsp3) is 0.611. The van der Waals surface area contributed by atoms with E-state index in [9.17, 15) is 9.18 Å². The molecule has 0 amide bonds. The van der Waals surface area contributed by atoms with Crippen molar-refractivity contribution in [1.82, 2.24) is 9.80 Å². The fourth-order valence-electron chi connectivity index (χ4n) is 3.40. The Labute approximate surface area is 148 Å². The van der Waals surface area contributed by atoms with Gasteiger partial charge in [-0.15, -0.1) is 0 Å². The number of likely N-dealkylation sites (tertiary alicyclic amines) is 1. The van der Waals surface area contributed by atoms with Gasteiger partial charge in [0.15, 0.2) is 0 Å². The van der Waals surface area contributed by atoms with E-state index in [-0.39, 0.29) is 12.4 Å². The largest absolute Gasteiger partial charge is 0.480 e. The van der Waals surface area contributed by atoms with E-state index in [4.69, 9.17) is 16.7 Å². The molecule has 1 aliphatic heterocycles. The van der Waals surface area contributed by atoms with E-state index in [0.717, 1.165) is 45.3 Å². The minimum atomic E-state index is -0.777. The molecule has 0 aromatic heterocycles. The number of halogens is 2. The molecular weight excluding hydrogens is 331 g/mol. The molecule has 0 bridgehead atoms. The van der Waals surface area contributed by atoms with Crippen LogP contribution in [0.3, 0.4) is 0 Å². The topological polar surface area (TPSA) is 43.8 Å². The van der Waals surface area contributed by atoms with Crippen molar-refractivity contribution in [2.75, 3.05) is 33.2 Å². The lowest BCUT2D eigenvalue weighted by Crippen LogP contribution is -2.36. The molecule has 1 unspecified atom stereocenters. The first-order valence-electron chi connectivity index (χ1n) is 8.54. The molecule has 1 fully saturated rings. The second kappa shape index (κ2) is 9.35. The second-order valence-electron chi connectivity index (χ2n) is 6.54. The Morgan fingerprint density at radius 1 is 1.42 bits per heavy atom. The van der Waals surface area contributed by atoms with Crippen LogP contribution >= 0.6 is 11.6 Å². The van der Waals surface area contributed by atoms with Crippen LogP contribution in [-0.2, 0) is 11.2 Å². The molecule has 0 spiro atoms. The van der Waals surface area contributed by atoms with Gasteiger partial charge in [0.2, 0.25) is 0 Å². The number of carboxylic acid groups (broad SMARTS) is 1. The second-order valence-corrected chi connectivity index (χ2v) is 6.95. The van der Waals surface area contributed by atoms with Crippen LogP contribution in [-0.4, -0.2) is 60.1 Å². The van der Waals surface area contributed by atoms with Crippen LogP contribution in [0.15, 0.2) is 18.2 Å². The summed E-state index contributed by atoms with van der Waals surface area (Å²) in [5, 5.41) is 9.41. The van der Waals surface area contributed by atoms with Crippen molar-refractivity contribution in [2.45, 2.75) is 38.1 Å². The van der Waals surface area contributed by atoms with E-state index in [0.29, 0.717) is 23.0 Å². The molecule has 1 aliphatic rings. The zero-order valence-corrected chi connectivity index (χ0v) is 14.9. The third-order valence-corrected chi connectivity index (χ3v) is 5.12. The molecule has 1 saturated heterocycles. The molecule has 1 aromatic carbocycles. The van der Waals surface area contributed by atoms with Gasteiger partial charge in [-0.2, -0.15) is 0 Å². The summed E-state index contributed by atoms with van der Waals surface area (Å²) in [6.07, 6.45) is 4.58. The summed E-state index contributed by atoms with van der Waals surface area (Å²) in [6.45, 7) is 2.98. The Bertz CT molecular complexity index is 536. The Morgan fingerprint density at radius 2 is 2.21 bits per heavy atom. The monoisotopic (exact) mass is 356 g/mol. The Kier molecular flexibility index (Phi) is 7.46. The summed E-state index contributed by atoms with van der Waals surface area (Å²) in [5.41, 5.74) is 0.605. The van der Waals surface area contributed by atoms with Crippen LogP contribution in [0, 0.1) is 5.82 Å². The number of carbonyl (C=O) groups is 1. The van der Waals surface area contributed by atoms with Gasteiger partial charge in [0, 0.05) is 16.6 Å². The first kappa shape index (κ1) is 19.2. The molecule has 6 heteroatoms. The molecule has 1 heterocycles. The van der Waals surface area contributed by atoms with Gasteiger partial charge >= 0.3 is 5.97 Å². The summed E-state index contributed by atoms with van der Waals surface area (Å²) < 4.78 is 13.8. The van der Waals surface area contributed by atoms with Crippen LogP contribution in [0.1, 0.15) is 31.2 Å². The number of likely N-dealkylation sites (N-methyl/N-ethyl adjacent to an activating group) is 1. The highest BCUT2D eigenvalue weighted by Gasteiger charge is 2.21. The summed E-state index contributed by atoms with van der Waals surface area (Å²) in [5.74, 6) is -1.01. The van der Waals surface area contributed by atoms with E-state index >= 15 is 0 Å².